The van der Waals surface area contributed by atoms with E-state index in [4.69, 9.17) is 0 Å². The van der Waals surface area contributed by atoms with Crippen molar-refractivity contribution in [1.29, 1.82) is 0 Å². The molecular formula is C14H20N4O2. The summed E-state index contributed by atoms with van der Waals surface area (Å²) in [7, 11) is 3.63. The molecule has 6 nitrogen and oxygen atoms in total. The fraction of sp³-hybridized carbons (Fsp3) is 0.429. The average molecular weight is 276 g/mol. The maximum absolute atomic E-state index is 12.3. The maximum Gasteiger partial charge on any atom is 0.338 e. The lowest BCUT2D eigenvalue weighted by atomic mass is 10.1. The summed E-state index contributed by atoms with van der Waals surface area (Å²) in [6.45, 7) is 1.38. The Morgan fingerprint density at radius 1 is 1.30 bits per heavy atom. The first-order chi connectivity index (χ1) is 9.59. The Bertz CT molecular complexity index is 469. The third-order valence-corrected chi connectivity index (χ3v) is 3.22. The first-order valence-corrected chi connectivity index (χ1v) is 6.67. The maximum atomic E-state index is 12.3. The van der Waals surface area contributed by atoms with Crippen molar-refractivity contribution in [3.8, 4) is 0 Å². The van der Waals surface area contributed by atoms with Crippen molar-refractivity contribution < 1.29 is 9.59 Å². The molecule has 1 atom stereocenters. The smallest absolute Gasteiger partial charge is 0.294 e. The molecule has 0 bridgehead atoms. The highest BCUT2D eigenvalue weighted by atomic mass is 16.2. The molecule has 20 heavy (non-hydrogen) atoms. The Kier molecular flexibility index (Phi) is 4.70. The molecule has 0 aliphatic carbocycles. The van der Waals surface area contributed by atoms with E-state index in [1.165, 1.54) is 5.01 Å². The Morgan fingerprint density at radius 3 is 2.55 bits per heavy atom. The molecule has 1 aromatic rings. The molecule has 1 heterocycles. The lowest BCUT2D eigenvalue weighted by molar-refractivity contribution is -0.124. The van der Waals surface area contributed by atoms with E-state index in [0.29, 0.717) is 6.54 Å². The monoisotopic (exact) mass is 276 g/mol. The summed E-state index contributed by atoms with van der Waals surface area (Å²) in [5, 5.41) is 3.89. The lowest BCUT2D eigenvalue weighted by Gasteiger charge is -2.24. The van der Waals surface area contributed by atoms with Gasteiger partial charge in [-0.2, -0.15) is 0 Å². The Morgan fingerprint density at radius 2 is 2.00 bits per heavy atom. The molecule has 108 valence electrons. The number of imide groups is 1. The van der Waals surface area contributed by atoms with Crippen LogP contribution in [-0.4, -0.2) is 49.0 Å². The van der Waals surface area contributed by atoms with E-state index < -0.39 is 12.1 Å². The lowest BCUT2D eigenvalue weighted by Crippen LogP contribution is -2.49. The number of rotatable bonds is 3. The molecule has 0 unspecified atom stereocenters. The molecular weight excluding hydrogens is 256 g/mol. The topological polar surface area (TPSA) is 64.7 Å². The predicted molar refractivity (Wildman–Crippen MR) is 75.7 cm³/mol. The van der Waals surface area contributed by atoms with Gasteiger partial charge in [0.15, 0.2) is 0 Å². The van der Waals surface area contributed by atoms with E-state index >= 15 is 0 Å². The Balaban J connectivity index is 2.06. The van der Waals surface area contributed by atoms with Crippen LogP contribution < -0.4 is 10.7 Å². The van der Waals surface area contributed by atoms with Gasteiger partial charge in [-0.1, -0.05) is 30.3 Å². The minimum atomic E-state index is -0.484. The summed E-state index contributed by atoms with van der Waals surface area (Å²) < 4.78 is 0. The molecule has 2 N–H and O–H groups in total. The van der Waals surface area contributed by atoms with Gasteiger partial charge < -0.3 is 0 Å². The van der Waals surface area contributed by atoms with Gasteiger partial charge >= 0.3 is 6.03 Å². The second kappa shape index (κ2) is 6.49. The molecule has 1 aliphatic heterocycles. The van der Waals surface area contributed by atoms with E-state index in [-0.39, 0.29) is 5.91 Å². The van der Waals surface area contributed by atoms with Crippen molar-refractivity contribution in [2.75, 3.05) is 27.2 Å². The summed E-state index contributed by atoms with van der Waals surface area (Å²) in [6, 6.07) is 8.53. The van der Waals surface area contributed by atoms with Crippen molar-refractivity contribution in [3.63, 3.8) is 0 Å². The van der Waals surface area contributed by atoms with Crippen molar-refractivity contribution >= 4 is 11.9 Å². The highest BCUT2D eigenvalue weighted by Gasteiger charge is 2.27. The number of hydrazine groups is 1. The van der Waals surface area contributed by atoms with Crippen molar-refractivity contribution in [2.24, 2.45) is 0 Å². The van der Waals surface area contributed by atoms with Gasteiger partial charge in [0, 0.05) is 13.1 Å². The average Bonchev–Trinajstić information content (AvgIpc) is 2.93. The van der Waals surface area contributed by atoms with E-state index in [2.05, 4.69) is 10.7 Å². The molecule has 0 spiro atoms. The predicted octanol–water partition coefficient (Wildman–Crippen LogP) is 0.736. The van der Waals surface area contributed by atoms with E-state index in [9.17, 15) is 9.59 Å². The number of amides is 3. The van der Waals surface area contributed by atoms with Gasteiger partial charge in [0.2, 0.25) is 5.91 Å². The summed E-state index contributed by atoms with van der Waals surface area (Å²) in [6.07, 6.45) is 0.900. The number of likely N-dealkylation sites (N-methyl/N-ethyl adjacent to an activating group) is 1. The molecule has 1 aliphatic rings. The number of hydrogen-bond donors (Lipinski definition) is 2. The number of carbonyl (C=O) groups is 2. The zero-order chi connectivity index (χ0) is 14.5. The number of nitrogens with zero attached hydrogens (tertiary/aromatic N) is 2. The molecule has 0 aromatic heterocycles. The van der Waals surface area contributed by atoms with Crippen LogP contribution in [0.2, 0.25) is 0 Å². The van der Waals surface area contributed by atoms with Gasteiger partial charge in [-0.05, 0) is 26.1 Å². The molecule has 6 heteroatoms. The Labute approximate surface area is 118 Å². The molecule has 1 saturated heterocycles. The quantitative estimate of drug-likeness (QED) is 0.854. The highest BCUT2D eigenvalue weighted by Crippen LogP contribution is 2.18. The number of nitrogens with one attached hydrogen (secondary N) is 2. The zero-order valence-corrected chi connectivity index (χ0v) is 11.8. The second-order valence-corrected chi connectivity index (χ2v) is 4.98. The standard InChI is InChI=1S/C14H20N4O2/c1-17(2)12(11-7-4-3-5-8-11)13(19)16-14(20)18-10-6-9-15-18/h3-5,7-8,12,15H,6,9-10H2,1-2H3,(H,16,19,20)/t12-/m1/s1. The molecule has 1 aromatic carbocycles. The fourth-order valence-electron chi connectivity index (χ4n) is 2.26. The van der Waals surface area contributed by atoms with E-state index in [0.717, 1.165) is 18.5 Å². The van der Waals surface area contributed by atoms with Crippen LogP contribution in [-0.2, 0) is 4.79 Å². The largest absolute Gasteiger partial charge is 0.338 e. The van der Waals surface area contributed by atoms with Crippen LogP contribution in [0, 0.1) is 0 Å². The van der Waals surface area contributed by atoms with Gasteiger partial charge in [-0.15, -0.1) is 0 Å². The van der Waals surface area contributed by atoms with Crippen LogP contribution in [0.25, 0.3) is 0 Å². The first kappa shape index (κ1) is 14.5. The SMILES string of the molecule is CN(C)[C@@H](C(=O)NC(=O)N1CCCN1)c1ccccc1. The van der Waals surface area contributed by atoms with Crippen LogP contribution in [0.1, 0.15) is 18.0 Å². The normalized spacial score (nSPS) is 16.2. The van der Waals surface area contributed by atoms with E-state index in [1.54, 1.807) is 4.90 Å². The highest BCUT2D eigenvalue weighted by molar-refractivity contribution is 5.97. The van der Waals surface area contributed by atoms with Crippen molar-refractivity contribution in [2.45, 2.75) is 12.5 Å². The second-order valence-electron chi connectivity index (χ2n) is 4.98. The molecule has 0 radical (unpaired) electrons. The summed E-state index contributed by atoms with van der Waals surface area (Å²) >= 11 is 0. The van der Waals surface area contributed by atoms with Gasteiger partial charge in [0.05, 0.1) is 0 Å². The van der Waals surface area contributed by atoms with E-state index in [1.807, 2.05) is 44.4 Å². The van der Waals surface area contributed by atoms with Gasteiger partial charge in [0.1, 0.15) is 6.04 Å². The molecule has 1 fully saturated rings. The number of urea groups is 1. The third kappa shape index (κ3) is 3.34. The summed E-state index contributed by atoms with van der Waals surface area (Å²) in [5.41, 5.74) is 3.78. The summed E-state index contributed by atoms with van der Waals surface area (Å²) in [4.78, 5) is 26.0. The summed E-state index contributed by atoms with van der Waals surface area (Å²) in [5.74, 6) is -0.320. The minimum Gasteiger partial charge on any atom is -0.294 e. The molecule has 2 rings (SSSR count). The van der Waals surface area contributed by atoms with Crippen LogP contribution in [0.5, 0.6) is 0 Å². The number of hydrogen-bond acceptors (Lipinski definition) is 4. The van der Waals surface area contributed by atoms with Crippen molar-refractivity contribution in [1.82, 2.24) is 20.7 Å². The Hall–Kier alpha value is -1.92. The van der Waals surface area contributed by atoms with Gasteiger partial charge in [-0.3, -0.25) is 20.0 Å². The van der Waals surface area contributed by atoms with Gasteiger partial charge in [0.25, 0.3) is 0 Å². The van der Waals surface area contributed by atoms with Crippen LogP contribution in [0.15, 0.2) is 30.3 Å². The van der Waals surface area contributed by atoms with Crippen LogP contribution in [0.4, 0.5) is 4.79 Å². The zero-order valence-electron chi connectivity index (χ0n) is 11.8. The van der Waals surface area contributed by atoms with Crippen LogP contribution in [0.3, 0.4) is 0 Å². The number of carbonyl (C=O) groups excluding carboxylic acids is 2. The minimum absolute atomic E-state index is 0.320. The third-order valence-electron chi connectivity index (χ3n) is 3.22. The van der Waals surface area contributed by atoms with Crippen molar-refractivity contribution in [3.05, 3.63) is 35.9 Å². The van der Waals surface area contributed by atoms with Gasteiger partial charge in [-0.25, -0.2) is 10.2 Å². The van der Waals surface area contributed by atoms with Crippen LogP contribution >= 0.6 is 0 Å². The number of benzene rings is 1. The first-order valence-electron chi connectivity index (χ1n) is 6.67. The molecule has 0 saturated carbocycles. The molecule has 3 amide bonds. The fourth-order valence-corrected chi connectivity index (χ4v) is 2.26.